The van der Waals surface area contributed by atoms with Gasteiger partial charge in [0, 0.05) is 5.02 Å². The van der Waals surface area contributed by atoms with Gasteiger partial charge in [-0.2, -0.15) is 0 Å². The van der Waals surface area contributed by atoms with Gasteiger partial charge >= 0.3 is 0 Å². The fourth-order valence-electron chi connectivity index (χ4n) is 2.40. The van der Waals surface area contributed by atoms with Crippen LogP contribution in [0.2, 0.25) is 5.02 Å². The maximum absolute atomic E-state index is 13.1. The van der Waals surface area contributed by atoms with Gasteiger partial charge in [-0.1, -0.05) is 23.7 Å². The minimum Gasteiger partial charge on any atom is -0.388 e. The molecule has 0 aromatic heterocycles. The lowest BCUT2D eigenvalue weighted by Crippen LogP contribution is -2.44. The average molecular weight is 258 g/mol. The highest BCUT2D eigenvalue weighted by atomic mass is 35.5. The van der Waals surface area contributed by atoms with Gasteiger partial charge in [0.05, 0.1) is 11.6 Å². The minimum atomic E-state index is -1.01. The van der Waals surface area contributed by atoms with Crippen LogP contribution >= 0.6 is 11.6 Å². The number of hydrogen-bond acceptors (Lipinski definition) is 2. The second-order valence-electron chi connectivity index (χ2n) is 4.81. The second kappa shape index (κ2) is 4.92. The topological polar surface area (TPSA) is 46.2 Å². The number of alkyl halides is 1. The Balaban J connectivity index is 2.16. The van der Waals surface area contributed by atoms with E-state index in [0.29, 0.717) is 30.7 Å². The minimum absolute atomic E-state index is 0.380. The van der Waals surface area contributed by atoms with E-state index in [0.717, 1.165) is 5.56 Å². The van der Waals surface area contributed by atoms with Crippen LogP contribution in [-0.2, 0) is 0 Å². The van der Waals surface area contributed by atoms with Crippen molar-refractivity contribution < 1.29 is 9.50 Å². The van der Waals surface area contributed by atoms with Gasteiger partial charge in [0.2, 0.25) is 0 Å². The van der Waals surface area contributed by atoms with Gasteiger partial charge in [-0.3, -0.25) is 0 Å². The van der Waals surface area contributed by atoms with Crippen LogP contribution in [0.25, 0.3) is 0 Å². The zero-order valence-electron chi connectivity index (χ0n) is 9.57. The maximum Gasteiger partial charge on any atom is 0.100 e. The molecule has 94 valence electrons. The quantitative estimate of drug-likeness (QED) is 0.856. The second-order valence-corrected chi connectivity index (χ2v) is 5.25. The first kappa shape index (κ1) is 12.8. The SMILES string of the molecule is NC(c1cccc(Cl)c1)[C@]1(O)CC[C@@H](F)CC1. The number of halogens is 2. The van der Waals surface area contributed by atoms with E-state index in [1.807, 2.05) is 12.1 Å². The van der Waals surface area contributed by atoms with Gasteiger partial charge in [0.25, 0.3) is 0 Å². The third kappa shape index (κ3) is 2.79. The molecule has 0 aliphatic heterocycles. The van der Waals surface area contributed by atoms with Gasteiger partial charge in [0.1, 0.15) is 6.17 Å². The summed E-state index contributed by atoms with van der Waals surface area (Å²) in [5, 5.41) is 11.1. The first-order valence-electron chi connectivity index (χ1n) is 5.89. The van der Waals surface area contributed by atoms with E-state index in [4.69, 9.17) is 17.3 Å². The molecule has 1 aromatic carbocycles. The molecule has 1 aromatic rings. The highest BCUT2D eigenvalue weighted by Crippen LogP contribution is 2.38. The van der Waals surface area contributed by atoms with Crippen molar-refractivity contribution in [3.8, 4) is 0 Å². The Morgan fingerprint density at radius 2 is 2.06 bits per heavy atom. The Bertz CT molecular complexity index is 391. The highest BCUT2D eigenvalue weighted by molar-refractivity contribution is 6.30. The number of nitrogens with two attached hydrogens (primary N) is 1. The third-order valence-electron chi connectivity index (χ3n) is 3.57. The number of aliphatic hydroxyl groups is 1. The van der Waals surface area contributed by atoms with Crippen molar-refractivity contribution >= 4 is 11.6 Å². The molecule has 3 N–H and O–H groups in total. The molecular formula is C13H17ClFNO. The van der Waals surface area contributed by atoms with Crippen LogP contribution in [0, 0.1) is 0 Å². The molecule has 2 nitrogen and oxygen atoms in total. The molecule has 1 aliphatic rings. The Morgan fingerprint density at radius 3 is 2.65 bits per heavy atom. The van der Waals surface area contributed by atoms with Crippen molar-refractivity contribution in [1.29, 1.82) is 0 Å². The molecular weight excluding hydrogens is 241 g/mol. The summed E-state index contributed by atoms with van der Waals surface area (Å²) in [6, 6.07) is 6.66. The van der Waals surface area contributed by atoms with Crippen molar-refractivity contribution in [3.05, 3.63) is 34.9 Å². The lowest BCUT2D eigenvalue weighted by molar-refractivity contribution is -0.0363. The van der Waals surface area contributed by atoms with E-state index in [9.17, 15) is 9.50 Å². The fraction of sp³-hybridized carbons (Fsp3) is 0.538. The molecule has 1 atom stereocenters. The van der Waals surface area contributed by atoms with Crippen LogP contribution in [0.5, 0.6) is 0 Å². The third-order valence-corrected chi connectivity index (χ3v) is 3.80. The van der Waals surface area contributed by atoms with Crippen LogP contribution < -0.4 is 5.73 Å². The predicted molar refractivity (Wildman–Crippen MR) is 66.7 cm³/mol. The largest absolute Gasteiger partial charge is 0.388 e. The predicted octanol–water partition coefficient (Wildman–Crippen LogP) is 2.98. The van der Waals surface area contributed by atoms with Gasteiger partial charge in [0.15, 0.2) is 0 Å². The van der Waals surface area contributed by atoms with Crippen LogP contribution in [0.15, 0.2) is 24.3 Å². The zero-order valence-corrected chi connectivity index (χ0v) is 10.3. The summed E-state index contributed by atoms with van der Waals surface area (Å²) >= 11 is 5.90. The highest BCUT2D eigenvalue weighted by Gasteiger charge is 2.39. The molecule has 4 heteroatoms. The molecule has 0 heterocycles. The first-order chi connectivity index (χ1) is 8.01. The summed E-state index contributed by atoms with van der Waals surface area (Å²) < 4.78 is 13.1. The number of hydrogen-bond donors (Lipinski definition) is 2. The van der Waals surface area contributed by atoms with Crippen LogP contribution in [-0.4, -0.2) is 16.9 Å². The standard InChI is InChI=1S/C13H17ClFNO/c14-10-3-1-2-9(8-10)12(16)13(17)6-4-11(15)5-7-13/h1-3,8,11-12,17H,4-7,16H2/t11-,12?,13+. The molecule has 1 saturated carbocycles. The number of rotatable bonds is 2. The Labute approximate surface area is 106 Å². The smallest absolute Gasteiger partial charge is 0.100 e. The van der Waals surface area contributed by atoms with Crippen molar-refractivity contribution in [1.82, 2.24) is 0 Å². The Hall–Kier alpha value is -0.640. The molecule has 0 spiro atoms. The lowest BCUT2D eigenvalue weighted by Gasteiger charge is -2.38. The van der Waals surface area contributed by atoms with E-state index < -0.39 is 17.8 Å². The molecule has 17 heavy (non-hydrogen) atoms. The van der Waals surface area contributed by atoms with Gasteiger partial charge in [-0.25, -0.2) is 4.39 Å². The molecule has 0 amide bonds. The molecule has 0 radical (unpaired) electrons. The molecule has 1 unspecified atom stereocenters. The van der Waals surface area contributed by atoms with E-state index in [2.05, 4.69) is 0 Å². The van der Waals surface area contributed by atoms with Gasteiger partial charge in [-0.15, -0.1) is 0 Å². The Morgan fingerprint density at radius 1 is 1.41 bits per heavy atom. The van der Waals surface area contributed by atoms with Crippen molar-refractivity contribution in [2.45, 2.75) is 43.5 Å². The summed E-state index contributed by atoms with van der Waals surface area (Å²) in [5.74, 6) is 0. The van der Waals surface area contributed by atoms with E-state index >= 15 is 0 Å². The van der Waals surface area contributed by atoms with E-state index in [1.54, 1.807) is 12.1 Å². The Kier molecular flexibility index (Phi) is 3.71. The van der Waals surface area contributed by atoms with E-state index in [-0.39, 0.29) is 0 Å². The summed E-state index contributed by atoms with van der Waals surface area (Å²) in [4.78, 5) is 0. The average Bonchev–Trinajstić information content (AvgIpc) is 2.32. The fourth-order valence-corrected chi connectivity index (χ4v) is 2.60. The lowest BCUT2D eigenvalue weighted by atomic mass is 9.77. The molecule has 1 aliphatic carbocycles. The maximum atomic E-state index is 13.1. The number of benzene rings is 1. The van der Waals surface area contributed by atoms with Crippen molar-refractivity contribution in [2.24, 2.45) is 5.73 Å². The van der Waals surface area contributed by atoms with Crippen LogP contribution in [0.1, 0.15) is 37.3 Å². The monoisotopic (exact) mass is 257 g/mol. The summed E-state index contributed by atoms with van der Waals surface area (Å²) in [5.41, 5.74) is 5.88. The summed E-state index contributed by atoms with van der Waals surface area (Å²) in [7, 11) is 0. The van der Waals surface area contributed by atoms with E-state index in [1.165, 1.54) is 0 Å². The van der Waals surface area contributed by atoms with Crippen molar-refractivity contribution in [3.63, 3.8) is 0 Å². The molecule has 2 rings (SSSR count). The summed E-state index contributed by atoms with van der Waals surface area (Å²) in [6.45, 7) is 0. The molecule has 0 saturated heterocycles. The van der Waals surface area contributed by atoms with Crippen LogP contribution in [0.4, 0.5) is 4.39 Å². The molecule has 1 fully saturated rings. The van der Waals surface area contributed by atoms with Gasteiger partial charge in [-0.05, 0) is 43.4 Å². The van der Waals surface area contributed by atoms with Crippen LogP contribution in [0.3, 0.4) is 0 Å². The zero-order chi connectivity index (χ0) is 12.5. The van der Waals surface area contributed by atoms with Gasteiger partial charge < -0.3 is 10.8 Å². The normalized spacial score (nSPS) is 31.2. The first-order valence-corrected chi connectivity index (χ1v) is 6.26. The van der Waals surface area contributed by atoms with Crippen molar-refractivity contribution in [2.75, 3.05) is 0 Å². The summed E-state index contributed by atoms with van der Waals surface area (Å²) in [6.07, 6.45) is 0.765. The molecule has 0 bridgehead atoms.